The van der Waals surface area contributed by atoms with Gasteiger partial charge in [-0.25, -0.2) is 0 Å². The van der Waals surface area contributed by atoms with Gasteiger partial charge < -0.3 is 9.55 Å². The van der Waals surface area contributed by atoms with Crippen LogP contribution < -0.4 is 4.57 Å². The van der Waals surface area contributed by atoms with Crippen LogP contribution in [0.3, 0.4) is 0 Å². The molecular formula is C28H21IrN3+. The van der Waals surface area contributed by atoms with Crippen molar-refractivity contribution < 1.29 is 24.7 Å². The second kappa shape index (κ2) is 11.7. The smallest absolute Gasteiger partial charge is 0.321 e. The molecule has 0 aliphatic heterocycles. The molecule has 0 radical (unpaired) electrons. The first-order valence-corrected chi connectivity index (χ1v) is 9.94. The van der Waals surface area contributed by atoms with Crippen LogP contribution in [0.1, 0.15) is 0 Å². The summed E-state index contributed by atoms with van der Waals surface area (Å²) in [5.74, 6) is 0. The summed E-state index contributed by atoms with van der Waals surface area (Å²) in [6.45, 7) is 0. The molecule has 0 spiro atoms. The van der Waals surface area contributed by atoms with Crippen molar-refractivity contribution >= 4 is 0 Å². The van der Waals surface area contributed by atoms with E-state index in [1.807, 2.05) is 108 Å². The predicted octanol–water partition coefficient (Wildman–Crippen LogP) is 5.69. The van der Waals surface area contributed by atoms with Gasteiger partial charge in [-0.1, -0.05) is 29.8 Å². The molecule has 0 aliphatic rings. The van der Waals surface area contributed by atoms with E-state index in [2.05, 4.69) is 29.1 Å². The van der Waals surface area contributed by atoms with Gasteiger partial charge in [0, 0.05) is 19.4 Å². The second-order valence-corrected chi connectivity index (χ2v) is 6.75. The van der Waals surface area contributed by atoms with E-state index in [1.54, 1.807) is 12.4 Å². The zero-order valence-electron chi connectivity index (χ0n) is 17.4. The fourth-order valence-corrected chi connectivity index (χ4v) is 3.10. The summed E-state index contributed by atoms with van der Waals surface area (Å²) in [7, 11) is 3.89. The van der Waals surface area contributed by atoms with Gasteiger partial charge in [-0.15, -0.1) is 66.2 Å². The van der Waals surface area contributed by atoms with Crippen LogP contribution >= 0.6 is 0 Å². The number of nitrogens with zero attached hydrogens (tertiary/aromatic N) is 3. The molecule has 0 unspecified atom stereocenters. The number of hydrogen-bond donors (Lipinski definition) is 0. The Kier molecular flexibility index (Phi) is 8.44. The van der Waals surface area contributed by atoms with Gasteiger partial charge in [-0.3, -0.25) is 4.98 Å². The van der Waals surface area contributed by atoms with Crippen LogP contribution in [-0.2, 0) is 20.1 Å². The zero-order valence-corrected chi connectivity index (χ0v) is 19.7. The molecular weight excluding hydrogens is 571 g/mol. The molecule has 0 fully saturated rings. The van der Waals surface area contributed by atoms with Crippen molar-refractivity contribution in [3.63, 3.8) is 0 Å². The van der Waals surface area contributed by atoms with Gasteiger partial charge in [-0.2, -0.15) is 0 Å². The van der Waals surface area contributed by atoms with Crippen molar-refractivity contribution in [3.05, 3.63) is 135 Å². The maximum absolute atomic E-state index is 4.38. The Balaban J connectivity index is 0.000000184. The van der Waals surface area contributed by atoms with Crippen molar-refractivity contribution in [1.82, 2.24) is 9.97 Å². The van der Waals surface area contributed by atoms with E-state index in [1.165, 1.54) is 0 Å². The molecule has 4 heteroatoms. The van der Waals surface area contributed by atoms with Crippen molar-refractivity contribution in [2.75, 3.05) is 0 Å². The molecule has 32 heavy (non-hydrogen) atoms. The van der Waals surface area contributed by atoms with Crippen LogP contribution in [0.25, 0.3) is 33.8 Å². The molecule has 3 aromatic heterocycles. The van der Waals surface area contributed by atoms with Gasteiger partial charge in [-0.05, 0) is 35.5 Å². The first kappa shape index (κ1) is 23.1. The maximum Gasteiger partial charge on any atom is 3.00 e. The Labute approximate surface area is 202 Å². The molecule has 0 amide bonds. The third-order valence-electron chi connectivity index (χ3n) is 4.63. The Morgan fingerprint density at radius 3 is 2.00 bits per heavy atom. The number of aromatic nitrogens is 3. The summed E-state index contributed by atoms with van der Waals surface area (Å²) < 4.78 is 1.84. The third-order valence-corrected chi connectivity index (χ3v) is 4.63. The molecule has 3 nitrogen and oxygen atoms in total. The van der Waals surface area contributed by atoms with E-state index < -0.39 is 0 Å². The van der Waals surface area contributed by atoms with Gasteiger partial charge in [0.05, 0.1) is 11.9 Å². The topological polar surface area (TPSA) is 29.7 Å². The number of pyridine rings is 3. The summed E-state index contributed by atoms with van der Waals surface area (Å²) in [5, 5.41) is 0. The van der Waals surface area contributed by atoms with Crippen LogP contribution in [-0.4, -0.2) is 9.97 Å². The van der Waals surface area contributed by atoms with Crippen molar-refractivity contribution in [1.29, 1.82) is 0 Å². The molecule has 5 rings (SSSR count). The maximum atomic E-state index is 4.38. The second-order valence-electron chi connectivity index (χ2n) is 6.75. The molecule has 0 aliphatic carbocycles. The van der Waals surface area contributed by atoms with Crippen molar-refractivity contribution in [2.45, 2.75) is 0 Å². The van der Waals surface area contributed by atoms with Crippen LogP contribution in [0.5, 0.6) is 0 Å². The van der Waals surface area contributed by atoms with Gasteiger partial charge in [0.15, 0.2) is 0 Å². The van der Waals surface area contributed by atoms with E-state index in [0.717, 1.165) is 33.8 Å². The predicted molar refractivity (Wildman–Crippen MR) is 123 cm³/mol. The number of benzene rings is 2. The molecule has 2 aromatic carbocycles. The van der Waals surface area contributed by atoms with E-state index in [4.69, 9.17) is 0 Å². The average molecular weight is 592 g/mol. The standard InChI is InChI=1S/C16H11N2.C12H10N.Ir/c1-2-6-13(7-3-1)16-12-14(9-11-18-16)15-8-4-5-10-17-15;1-13-10-6-5-9-12(13)11-7-3-2-4-8-11;/h1-6,8-12H;2-7,9-10H,1H2;/q2*-1;+3. The third kappa shape index (κ3) is 5.98. The van der Waals surface area contributed by atoms with E-state index >= 15 is 0 Å². The molecule has 0 bridgehead atoms. The monoisotopic (exact) mass is 592 g/mol. The van der Waals surface area contributed by atoms with Crippen LogP contribution in [0, 0.1) is 19.2 Å². The minimum Gasteiger partial charge on any atom is -0.321 e. The number of hydrogen-bond acceptors (Lipinski definition) is 2. The Bertz CT molecular complexity index is 1170. The molecule has 0 N–H and O–H groups in total. The molecule has 0 saturated carbocycles. The zero-order chi connectivity index (χ0) is 21.3. The Hall–Kier alpha value is -3.59. The van der Waals surface area contributed by atoms with Crippen LogP contribution in [0.2, 0.25) is 0 Å². The first-order chi connectivity index (χ1) is 15.3. The van der Waals surface area contributed by atoms with E-state index in [-0.39, 0.29) is 20.1 Å². The fourth-order valence-electron chi connectivity index (χ4n) is 3.10. The summed E-state index contributed by atoms with van der Waals surface area (Å²) in [4.78, 5) is 8.72. The average Bonchev–Trinajstić information content (AvgIpc) is 2.86. The summed E-state index contributed by atoms with van der Waals surface area (Å²) in [6.07, 6.45) is 5.53. The summed E-state index contributed by atoms with van der Waals surface area (Å²) in [6, 6.07) is 37.9. The van der Waals surface area contributed by atoms with Crippen molar-refractivity contribution in [2.24, 2.45) is 0 Å². The van der Waals surface area contributed by atoms with Crippen molar-refractivity contribution in [3.8, 4) is 33.8 Å². The summed E-state index contributed by atoms with van der Waals surface area (Å²) in [5.41, 5.74) is 6.07. The fraction of sp³-hybridized carbons (Fsp3) is 0. The Morgan fingerprint density at radius 1 is 0.656 bits per heavy atom. The Morgan fingerprint density at radius 2 is 1.34 bits per heavy atom. The van der Waals surface area contributed by atoms with Gasteiger partial charge in [0.1, 0.15) is 5.69 Å². The largest absolute Gasteiger partial charge is 3.00 e. The van der Waals surface area contributed by atoms with Crippen LogP contribution in [0.4, 0.5) is 0 Å². The van der Waals surface area contributed by atoms with Crippen LogP contribution in [0.15, 0.2) is 116 Å². The van der Waals surface area contributed by atoms with Gasteiger partial charge in [0.2, 0.25) is 0 Å². The van der Waals surface area contributed by atoms with Gasteiger partial charge >= 0.3 is 20.1 Å². The quantitative estimate of drug-likeness (QED) is 0.199. The molecule has 0 atom stereocenters. The molecule has 5 aromatic rings. The molecule has 156 valence electrons. The SMILES string of the molecule is [CH2-][n+]1ccccc1-c1[c-]cccc1.[Ir+3].[c-]1ccccc1-c1cc(-c2ccccn2)ccn1. The number of rotatable bonds is 3. The molecule has 0 saturated heterocycles. The van der Waals surface area contributed by atoms with E-state index in [0.29, 0.717) is 0 Å². The van der Waals surface area contributed by atoms with Gasteiger partial charge in [0.25, 0.3) is 0 Å². The normalized spacial score (nSPS) is 9.75. The van der Waals surface area contributed by atoms with E-state index in [9.17, 15) is 0 Å². The first-order valence-electron chi connectivity index (χ1n) is 9.94. The molecule has 3 heterocycles. The minimum atomic E-state index is 0. The summed E-state index contributed by atoms with van der Waals surface area (Å²) >= 11 is 0. The minimum absolute atomic E-state index is 0.